The van der Waals surface area contributed by atoms with Crippen LogP contribution in [-0.4, -0.2) is 38.8 Å². The van der Waals surface area contributed by atoms with Crippen molar-refractivity contribution >= 4 is 17.7 Å². The van der Waals surface area contributed by atoms with E-state index < -0.39 is 17.7 Å². The highest BCUT2D eigenvalue weighted by Crippen LogP contribution is 2.38. The molecule has 8 heteroatoms. The first kappa shape index (κ1) is 22.5. The predicted molar refractivity (Wildman–Crippen MR) is 126 cm³/mol. The Hall–Kier alpha value is -3.68. The fourth-order valence-electron chi connectivity index (χ4n) is 3.38. The molecule has 0 aliphatic heterocycles. The van der Waals surface area contributed by atoms with Gasteiger partial charge in [0.05, 0.1) is 0 Å². The second-order valence-corrected chi connectivity index (χ2v) is 9.27. The van der Waals surface area contributed by atoms with Crippen LogP contribution in [0.3, 0.4) is 0 Å². The normalized spacial score (nSPS) is 14.4. The number of carbonyl (C=O) groups excluding carboxylic acids is 2. The summed E-state index contributed by atoms with van der Waals surface area (Å²) in [5.74, 6) is 1.75. The van der Waals surface area contributed by atoms with Crippen LogP contribution in [0.2, 0.25) is 0 Å². The van der Waals surface area contributed by atoms with Crippen molar-refractivity contribution in [3.63, 3.8) is 0 Å². The first-order valence-electron chi connectivity index (χ1n) is 11.1. The van der Waals surface area contributed by atoms with Gasteiger partial charge in [-0.25, -0.2) is 9.78 Å². The van der Waals surface area contributed by atoms with E-state index in [9.17, 15) is 9.59 Å². The van der Waals surface area contributed by atoms with Gasteiger partial charge in [0, 0.05) is 23.6 Å². The second-order valence-electron chi connectivity index (χ2n) is 9.27. The summed E-state index contributed by atoms with van der Waals surface area (Å²) in [7, 11) is 0. The molecule has 1 aliphatic rings. The standard InChI is InChI=1S/C25H29N5O3/c1-25(2,3)33-24(32)27-20(15-16-7-5-4-6-8-16)23(31)26-19-13-11-18(12-14-19)22-28-21(29-30-22)17-9-10-17/h4-8,11-14,17,20H,9-10,15H2,1-3H3,(H,26,31)(H,27,32)(H,28,29,30). The molecule has 1 unspecified atom stereocenters. The van der Waals surface area contributed by atoms with Crippen LogP contribution < -0.4 is 10.6 Å². The molecule has 1 heterocycles. The summed E-state index contributed by atoms with van der Waals surface area (Å²) in [5, 5.41) is 12.9. The van der Waals surface area contributed by atoms with Crippen molar-refractivity contribution in [2.45, 2.75) is 57.6 Å². The lowest BCUT2D eigenvalue weighted by Gasteiger charge is -2.23. The molecular weight excluding hydrogens is 418 g/mol. The van der Waals surface area contributed by atoms with Crippen molar-refractivity contribution < 1.29 is 14.3 Å². The van der Waals surface area contributed by atoms with Gasteiger partial charge in [0.2, 0.25) is 5.91 Å². The van der Waals surface area contributed by atoms with Crippen molar-refractivity contribution in [3.05, 3.63) is 66.0 Å². The molecule has 2 aromatic carbocycles. The molecule has 4 rings (SSSR count). The van der Waals surface area contributed by atoms with E-state index in [4.69, 9.17) is 4.74 Å². The molecule has 8 nitrogen and oxygen atoms in total. The van der Waals surface area contributed by atoms with Gasteiger partial charge >= 0.3 is 6.09 Å². The summed E-state index contributed by atoms with van der Waals surface area (Å²) in [6.45, 7) is 5.34. The quantitative estimate of drug-likeness (QED) is 0.497. The van der Waals surface area contributed by atoms with Gasteiger partial charge in [-0.3, -0.25) is 9.89 Å². The number of amides is 2. The molecule has 2 amide bonds. The van der Waals surface area contributed by atoms with E-state index in [1.54, 1.807) is 32.9 Å². The van der Waals surface area contributed by atoms with Crippen LogP contribution in [0.1, 0.15) is 50.9 Å². The average molecular weight is 448 g/mol. The SMILES string of the molecule is CC(C)(C)OC(=O)NC(Cc1ccccc1)C(=O)Nc1ccc(-c2n[nH]c(C3CC3)n2)cc1. The van der Waals surface area contributed by atoms with E-state index >= 15 is 0 Å². The van der Waals surface area contributed by atoms with Gasteiger partial charge in [-0.15, -0.1) is 0 Å². The largest absolute Gasteiger partial charge is 0.444 e. The van der Waals surface area contributed by atoms with Crippen LogP contribution in [0.5, 0.6) is 0 Å². The zero-order valence-electron chi connectivity index (χ0n) is 19.1. The van der Waals surface area contributed by atoms with Crippen LogP contribution in [0, 0.1) is 0 Å². The molecule has 1 aliphatic carbocycles. The number of alkyl carbamates (subject to hydrolysis) is 1. The highest BCUT2D eigenvalue weighted by Gasteiger charge is 2.27. The predicted octanol–water partition coefficient (Wildman–Crippen LogP) is 4.42. The van der Waals surface area contributed by atoms with Gasteiger partial charge in [-0.2, -0.15) is 5.10 Å². The first-order chi connectivity index (χ1) is 15.8. The minimum absolute atomic E-state index is 0.327. The van der Waals surface area contributed by atoms with Crippen molar-refractivity contribution in [3.8, 4) is 11.4 Å². The minimum atomic E-state index is -0.795. The highest BCUT2D eigenvalue weighted by atomic mass is 16.6. The fourth-order valence-corrected chi connectivity index (χ4v) is 3.38. The third-order valence-electron chi connectivity index (χ3n) is 5.17. The van der Waals surface area contributed by atoms with Crippen LogP contribution in [0.15, 0.2) is 54.6 Å². The molecular formula is C25H29N5O3. The highest BCUT2D eigenvalue weighted by molar-refractivity contribution is 5.97. The van der Waals surface area contributed by atoms with Gasteiger partial charge in [0.15, 0.2) is 5.82 Å². The Morgan fingerprint density at radius 3 is 2.42 bits per heavy atom. The number of benzene rings is 2. The molecule has 0 radical (unpaired) electrons. The monoisotopic (exact) mass is 447 g/mol. The summed E-state index contributed by atoms with van der Waals surface area (Å²) < 4.78 is 5.35. The van der Waals surface area contributed by atoms with Crippen molar-refractivity contribution in [1.82, 2.24) is 20.5 Å². The Morgan fingerprint density at radius 2 is 1.79 bits per heavy atom. The van der Waals surface area contributed by atoms with Gasteiger partial charge in [-0.05, 0) is 63.4 Å². The molecule has 1 saturated carbocycles. The number of aromatic amines is 1. The Balaban J connectivity index is 1.43. The lowest BCUT2D eigenvalue weighted by atomic mass is 10.1. The first-order valence-corrected chi connectivity index (χ1v) is 11.1. The molecule has 1 atom stereocenters. The summed E-state index contributed by atoms with van der Waals surface area (Å²) >= 11 is 0. The molecule has 33 heavy (non-hydrogen) atoms. The fraction of sp³-hybridized carbons (Fsp3) is 0.360. The molecule has 1 fully saturated rings. The van der Waals surface area contributed by atoms with Gasteiger partial charge in [0.1, 0.15) is 17.5 Å². The molecule has 3 N–H and O–H groups in total. The molecule has 0 bridgehead atoms. The van der Waals surface area contributed by atoms with Crippen LogP contribution in [0.25, 0.3) is 11.4 Å². The number of nitrogens with one attached hydrogen (secondary N) is 3. The second kappa shape index (κ2) is 9.44. The molecule has 0 spiro atoms. The number of aromatic nitrogens is 3. The number of ether oxygens (including phenoxy) is 1. The maximum Gasteiger partial charge on any atom is 0.408 e. The van der Waals surface area contributed by atoms with E-state index in [2.05, 4.69) is 25.8 Å². The van der Waals surface area contributed by atoms with Gasteiger partial charge in [0.25, 0.3) is 0 Å². The van der Waals surface area contributed by atoms with Crippen molar-refractivity contribution in [2.75, 3.05) is 5.32 Å². The zero-order valence-corrected chi connectivity index (χ0v) is 19.1. The van der Waals surface area contributed by atoms with Gasteiger partial charge < -0.3 is 15.4 Å². The topological polar surface area (TPSA) is 109 Å². The molecule has 1 aromatic heterocycles. The van der Waals surface area contributed by atoms with E-state index in [0.717, 1.165) is 29.8 Å². The smallest absolute Gasteiger partial charge is 0.408 e. The lowest BCUT2D eigenvalue weighted by Crippen LogP contribution is -2.47. The average Bonchev–Trinajstić information content (AvgIpc) is 3.50. The van der Waals surface area contributed by atoms with E-state index in [0.29, 0.717) is 23.9 Å². The molecule has 3 aromatic rings. The zero-order chi connectivity index (χ0) is 23.4. The van der Waals surface area contributed by atoms with Crippen LogP contribution in [0.4, 0.5) is 10.5 Å². The Kier molecular flexibility index (Phi) is 6.44. The number of nitrogens with zero attached hydrogens (tertiary/aromatic N) is 2. The third-order valence-corrected chi connectivity index (χ3v) is 5.17. The Morgan fingerprint density at radius 1 is 1.09 bits per heavy atom. The van der Waals surface area contributed by atoms with Gasteiger partial charge in [-0.1, -0.05) is 30.3 Å². The summed E-state index contributed by atoms with van der Waals surface area (Å²) in [6, 6.07) is 16.1. The van der Waals surface area contributed by atoms with E-state index in [1.165, 1.54) is 0 Å². The Labute approximate surface area is 193 Å². The van der Waals surface area contributed by atoms with Crippen molar-refractivity contribution in [2.24, 2.45) is 0 Å². The van der Waals surface area contributed by atoms with E-state index in [-0.39, 0.29) is 5.91 Å². The van der Waals surface area contributed by atoms with Crippen LogP contribution >= 0.6 is 0 Å². The number of rotatable bonds is 7. The van der Waals surface area contributed by atoms with E-state index in [1.807, 2.05) is 42.5 Å². The number of carbonyl (C=O) groups is 2. The molecule has 172 valence electrons. The molecule has 0 saturated heterocycles. The third kappa shape index (κ3) is 6.41. The minimum Gasteiger partial charge on any atom is -0.444 e. The Bertz CT molecular complexity index is 1100. The number of hydrogen-bond acceptors (Lipinski definition) is 5. The number of anilines is 1. The number of H-pyrrole nitrogens is 1. The number of hydrogen-bond donors (Lipinski definition) is 3. The maximum absolute atomic E-state index is 13.0. The lowest BCUT2D eigenvalue weighted by molar-refractivity contribution is -0.118. The summed E-state index contributed by atoms with van der Waals surface area (Å²) in [5.41, 5.74) is 1.75. The van der Waals surface area contributed by atoms with Crippen LogP contribution in [-0.2, 0) is 16.0 Å². The maximum atomic E-state index is 13.0. The summed E-state index contributed by atoms with van der Waals surface area (Å²) in [6.07, 6.45) is 2.01. The summed E-state index contributed by atoms with van der Waals surface area (Å²) in [4.78, 5) is 29.9. The van der Waals surface area contributed by atoms with Crippen molar-refractivity contribution in [1.29, 1.82) is 0 Å².